The normalized spacial score (nSPS) is 39.2. The lowest BCUT2D eigenvalue weighted by Crippen LogP contribution is -2.47. The standard InChI is InChI=1S/C9H14N2O/c12-9(6-1-2-6)11-5-7-3-8(11)4-10-7/h6-8,10H,1-5H2/t7-,8-/m0/s1. The number of rotatable bonds is 1. The summed E-state index contributed by atoms with van der Waals surface area (Å²) in [6, 6.07) is 1.14. The molecule has 3 heteroatoms. The first-order valence-electron chi connectivity index (χ1n) is 4.88. The summed E-state index contributed by atoms with van der Waals surface area (Å²) in [5, 5.41) is 3.41. The lowest BCUT2D eigenvalue weighted by molar-refractivity contribution is -0.133. The van der Waals surface area contributed by atoms with Crippen LogP contribution >= 0.6 is 0 Å². The number of hydrogen-bond acceptors (Lipinski definition) is 2. The molecule has 0 aromatic heterocycles. The van der Waals surface area contributed by atoms with Crippen molar-refractivity contribution in [1.82, 2.24) is 10.2 Å². The van der Waals surface area contributed by atoms with E-state index in [1.807, 2.05) is 0 Å². The highest BCUT2D eigenvalue weighted by molar-refractivity contribution is 5.81. The summed E-state index contributed by atoms with van der Waals surface area (Å²) < 4.78 is 0. The molecule has 1 saturated carbocycles. The molecule has 1 N–H and O–H groups in total. The Labute approximate surface area is 72.1 Å². The van der Waals surface area contributed by atoms with Gasteiger partial charge in [-0.1, -0.05) is 0 Å². The third kappa shape index (κ3) is 0.891. The van der Waals surface area contributed by atoms with Crippen LogP contribution in [0.2, 0.25) is 0 Å². The number of nitrogens with one attached hydrogen (secondary N) is 1. The Bertz CT molecular complexity index is 225. The van der Waals surface area contributed by atoms with E-state index in [-0.39, 0.29) is 0 Å². The molecule has 1 amide bonds. The Morgan fingerprint density at radius 3 is 2.75 bits per heavy atom. The number of piperazine rings is 1. The second-order valence-electron chi connectivity index (χ2n) is 4.26. The Morgan fingerprint density at radius 2 is 2.25 bits per heavy atom. The zero-order chi connectivity index (χ0) is 8.13. The molecular formula is C9H14N2O. The number of likely N-dealkylation sites (tertiary alicyclic amines) is 1. The molecule has 12 heavy (non-hydrogen) atoms. The molecule has 0 radical (unpaired) electrons. The first-order valence-corrected chi connectivity index (χ1v) is 4.88. The molecule has 2 atom stereocenters. The third-order valence-electron chi connectivity index (χ3n) is 3.27. The summed E-state index contributed by atoms with van der Waals surface area (Å²) in [4.78, 5) is 13.8. The van der Waals surface area contributed by atoms with Crippen molar-refractivity contribution in [2.24, 2.45) is 5.92 Å². The van der Waals surface area contributed by atoms with E-state index in [0.29, 0.717) is 23.9 Å². The van der Waals surface area contributed by atoms with Crippen molar-refractivity contribution in [1.29, 1.82) is 0 Å². The lowest BCUT2D eigenvalue weighted by atomic mass is 10.2. The van der Waals surface area contributed by atoms with Gasteiger partial charge < -0.3 is 10.2 Å². The molecule has 3 rings (SSSR count). The van der Waals surface area contributed by atoms with Crippen molar-refractivity contribution >= 4 is 5.91 Å². The fourth-order valence-corrected chi connectivity index (χ4v) is 2.40. The van der Waals surface area contributed by atoms with Crippen LogP contribution in [-0.2, 0) is 4.79 Å². The highest BCUT2D eigenvalue weighted by Gasteiger charge is 2.44. The lowest BCUT2D eigenvalue weighted by Gasteiger charge is -2.27. The van der Waals surface area contributed by atoms with Gasteiger partial charge in [-0.3, -0.25) is 4.79 Å². The minimum Gasteiger partial charge on any atom is -0.337 e. The fraction of sp³-hybridized carbons (Fsp3) is 0.889. The van der Waals surface area contributed by atoms with Gasteiger partial charge in [0, 0.05) is 31.1 Å². The molecule has 0 aromatic carbocycles. The molecule has 66 valence electrons. The molecule has 0 aromatic rings. The van der Waals surface area contributed by atoms with Crippen LogP contribution in [-0.4, -0.2) is 36.0 Å². The average Bonchev–Trinajstić information content (AvgIpc) is 2.73. The maximum atomic E-state index is 11.7. The van der Waals surface area contributed by atoms with Crippen LogP contribution in [0.25, 0.3) is 0 Å². The van der Waals surface area contributed by atoms with E-state index in [4.69, 9.17) is 0 Å². The van der Waals surface area contributed by atoms with Crippen LogP contribution in [0.15, 0.2) is 0 Å². The van der Waals surface area contributed by atoms with Crippen LogP contribution in [0.5, 0.6) is 0 Å². The molecule has 1 aliphatic carbocycles. The van der Waals surface area contributed by atoms with E-state index in [9.17, 15) is 4.79 Å². The topological polar surface area (TPSA) is 32.3 Å². The minimum atomic E-state index is 0.407. The smallest absolute Gasteiger partial charge is 0.226 e. The van der Waals surface area contributed by atoms with Gasteiger partial charge in [-0.2, -0.15) is 0 Å². The van der Waals surface area contributed by atoms with Gasteiger partial charge in [-0.05, 0) is 19.3 Å². The van der Waals surface area contributed by atoms with Crippen LogP contribution in [0.1, 0.15) is 19.3 Å². The van der Waals surface area contributed by atoms with Crippen molar-refractivity contribution in [3.05, 3.63) is 0 Å². The summed E-state index contributed by atoms with van der Waals surface area (Å²) in [6.45, 7) is 2.00. The van der Waals surface area contributed by atoms with Gasteiger partial charge in [0.2, 0.25) is 5.91 Å². The van der Waals surface area contributed by atoms with Crippen LogP contribution in [0.4, 0.5) is 0 Å². The van der Waals surface area contributed by atoms with Gasteiger partial charge in [-0.25, -0.2) is 0 Å². The Balaban J connectivity index is 1.73. The van der Waals surface area contributed by atoms with Crippen molar-refractivity contribution in [3.8, 4) is 0 Å². The molecule has 3 fully saturated rings. The summed E-state index contributed by atoms with van der Waals surface area (Å²) >= 11 is 0. The summed E-state index contributed by atoms with van der Waals surface area (Å²) in [6.07, 6.45) is 3.47. The molecule has 2 heterocycles. The fourth-order valence-electron chi connectivity index (χ4n) is 2.40. The predicted molar refractivity (Wildman–Crippen MR) is 44.6 cm³/mol. The zero-order valence-corrected chi connectivity index (χ0v) is 7.12. The van der Waals surface area contributed by atoms with E-state index in [1.54, 1.807) is 0 Å². The van der Waals surface area contributed by atoms with Crippen LogP contribution < -0.4 is 5.32 Å². The molecular weight excluding hydrogens is 152 g/mol. The molecule has 0 spiro atoms. The van der Waals surface area contributed by atoms with Crippen molar-refractivity contribution in [3.63, 3.8) is 0 Å². The molecule has 2 saturated heterocycles. The minimum absolute atomic E-state index is 0.407. The number of fused-ring (bicyclic) bond motifs is 2. The highest BCUT2D eigenvalue weighted by atomic mass is 16.2. The number of carbonyl (C=O) groups is 1. The van der Waals surface area contributed by atoms with Gasteiger partial charge in [0.25, 0.3) is 0 Å². The largest absolute Gasteiger partial charge is 0.337 e. The molecule has 3 aliphatic rings. The van der Waals surface area contributed by atoms with Crippen molar-refractivity contribution in [2.45, 2.75) is 31.3 Å². The summed E-state index contributed by atoms with van der Waals surface area (Å²) in [5.74, 6) is 0.841. The van der Waals surface area contributed by atoms with E-state index in [1.165, 1.54) is 6.42 Å². The number of hydrogen-bond donors (Lipinski definition) is 1. The first kappa shape index (κ1) is 6.89. The Hall–Kier alpha value is -0.570. The third-order valence-corrected chi connectivity index (χ3v) is 3.27. The van der Waals surface area contributed by atoms with Crippen LogP contribution in [0, 0.1) is 5.92 Å². The zero-order valence-electron chi connectivity index (χ0n) is 7.12. The SMILES string of the molecule is O=C(C1CC1)N1C[C@@H]2C[C@H]1CN2. The van der Waals surface area contributed by atoms with Gasteiger partial charge in [0.1, 0.15) is 0 Å². The Kier molecular flexibility index (Phi) is 1.28. The van der Waals surface area contributed by atoms with Crippen molar-refractivity contribution in [2.75, 3.05) is 13.1 Å². The average molecular weight is 166 g/mol. The van der Waals surface area contributed by atoms with E-state index >= 15 is 0 Å². The maximum absolute atomic E-state index is 11.7. The van der Waals surface area contributed by atoms with E-state index in [2.05, 4.69) is 10.2 Å². The van der Waals surface area contributed by atoms with Gasteiger partial charge >= 0.3 is 0 Å². The monoisotopic (exact) mass is 166 g/mol. The number of nitrogens with zero attached hydrogens (tertiary/aromatic N) is 1. The second kappa shape index (κ2) is 2.22. The second-order valence-corrected chi connectivity index (χ2v) is 4.26. The molecule has 2 bridgehead atoms. The highest BCUT2D eigenvalue weighted by Crippen LogP contribution is 2.34. The summed E-state index contributed by atoms with van der Waals surface area (Å²) in [7, 11) is 0. The quantitative estimate of drug-likeness (QED) is 0.593. The molecule has 0 unspecified atom stereocenters. The Morgan fingerprint density at radius 1 is 1.42 bits per heavy atom. The summed E-state index contributed by atoms with van der Waals surface area (Å²) in [5.41, 5.74) is 0. The molecule has 2 aliphatic heterocycles. The van der Waals surface area contributed by atoms with Gasteiger partial charge in [0.05, 0.1) is 0 Å². The van der Waals surface area contributed by atoms with Crippen LogP contribution in [0.3, 0.4) is 0 Å². The maximum Gasteiger partial charge on any atom is 0.226 e. The van der Waals surface area contributed by atoms with E-state index < -0.39 is 0 Å². The van der Waals surface area contributed by atoms with Crippen molar-refractivity contribution < 1.29 is 4.79 Å². The van der Waals surface area contributed by atoms with E-state index in [0.717, 1.165) is 25.9 Å². The first-order chi connectivity index (χ1) is 5.84. The van der Waals surface area contributed by atoms with Gasteiger partial charge in [-0.15, -0.1) is 0 Å². The van der Waals surface area contributed by atoms with Gasteiger partial charge in [0.15, 0.2) is 0 Å². The molecule has 3 nitrogen and oxygen atoms in total. The predicted octanol–water partition coefficient (Wildman–Crippen LogP) is -0.0309. The number of amides is 1. The number of carbonyl (C=O) groups excluding carboxylic acids is 1.